The molecule has 94 valence electrons. The van der Waals surface area contributed by atoms with Crippen molar-refractivity contribution in [2.75, 3.05) is 0 Å². The lowest BCUT2D eigenvalue weighted by atomic mass is 10.2. The highest BCUT2D eigenvalue weighted by atomic mass is 16.7. The summed E-state index contributed by atoms with van der Waals surface area (Å²) in [6, 6.07) is 2.02. The molecule has 1 heterocycles. The molecule has 0 saturated heterocycles. The first-order valence-electron chi connectivity index (χ1n) is 4.43. The van der Waals surface area contributed by atoms with E-state index in [2.05, 4.69) is 4.74 Å². The Morgan fingerprint density at radius 2 is 2.06 bits per heavy atom. The number of nitro groups is 1. The minimum atomic E-state index is -1.66. The molecule has 0 fully saturated rings. The van der Waals surface area contributed by atoms with Gasteiger partial charge in [-0.1, -0.05) is 0 Å². The predicted molar refractivity (Wildman–Crippen MR) is 54.9 cm³/mol. The third kappa shape index (κ3) is 1.73. The highest BCUT2D eigenvalue weighted by molar-refractivity contribution is 5.92. The van der Waals surface area contributed by atoms with Gasteiger partial charge < -0.3 is 24.5 Å². The van der Waals surface area contributed by atoms with Gasteiger partial charge in [0.15, 0.2) is 5.75 Å². The first-order chi connectivity index (χ1) is 8.40. The van der Waals surface area contributed by atoms with Crippen LogP contribution in [-0.4, -0.2) is 26.4 Å². The maximum Gasteiger partial charge on any atom is 0.513 e. The molecule has 0 aliphatic heterocycles. The fourth-order valence-electron chi connectivity index (χ4n) is 1.42. The number of fused-ring (bicyclic) bond motifs is 1. The van der Waals surface area contributed by atoms with Crippen molar-refractivity contribution < 1.29 is 34.2 Å². The number of nitrogens with zero attached hydrogens (tertiary/aromatic N) is 1. The monoisotopic (exact) mass is 255 g/mol. The van der Waals surface area contributed by atoms with E-state index in [9.17, 15) is 25.1 Å². The molecule has 0 unspecified atom stereocenters. The van der Waals surface area contributed by atoms with Crippen LogP contribution in [0.5, 0.6) is 17.4 Å². The number of carbonyl (C=O) groups is 1. The number of phenolic OH excluding ortho intramolecular Hbond substituents is 2. The Hall–Kier alpha value is -2.97. The van der Waals surface area contributed by atoms with Crippen LogP contribution in [0.2, 0.25) is 0 Å². The number of benzene rings is 1. The summed E-state index contributed by atoms with van der Waals surface area (Å²) >= 11 is 0. The third-order valence-electron chi connectivity index (χ3n) is 2.08. The molecule has 0 bridgehead atoms. The van der Waals surface area contributed by atoms with Crippen molar-refractivity contribution in [2.45, 2.75) is 0 Å². The number of ether oxygens (including phenoxy) is 1. The van der Waals surface area contributed by atoms with Gasteiger partial charge in [0, 0.05) is 11.5 Å². The van der Waals surface area contributed by atoms with Gasteiger partial charge in [0.1, 0.15) is 0 Å². The van der Waals surface area contributed by atoms with Crippen molar-refractivity contribution in [3.8, 4) is 17.4 Å². The zero-order chi connectivity index (χ0) is 13.4. The van der Waals surface area contributed by atoms with Crippen LogP contribution >= 0.6 is 0 Å². The summed E-state index contributed by atoms with van der Waals surface area (Å²) in [6.45, 7) is 0. The Morgan fingerprint density at radius 3 is 2.61 bits per heavy atom. The number of hydrogen-bond donors (Lipinski definition) is 3. The molecular weight excluding hydrogens is 250 g/mol. The minimum absolute atomic E-state index is 0.0215. The molecule has 2 rings (SSSR count). The quantitative estimate of drug-likeness (QED) is 0.319. The van der Waals surface area contributed by atoms with Gasteiger partial charge in [-0.3, -0.25) is 10.1 Å². The van der Waals surface area contributed by atoms with Crippen LogP contribution in [0.1, 0.15) is 0 Å². The number of hydrogen-bond acceptors (Lipinski definition) is 7. The average molecular weight is 255 g/mol. The van der Waals surface area contributed by atoms with Gasteiger partial charge in [-0.25, -0.2) is 4.79 Å². The van der Waals surface area contributed by atoms with E-state index in [1.54, 1.807) is 0 Å². The van der Waals surface area contributed by atoms with Gasteiger partial charge in [0.2, 0.25) is 11.3 Å². The van der Waals surface area contributed by atoms with E-state index in [1.807, 2.05) is 0 Å². The Morgan fingerprint density at radius 1 is 1.39 bits per heavy atom. The fourth-order valence-corrected chi connectivity index (χ4v) is 1.42. The van der Waals surface area contributed by atoms with Gasteiger partial charge in [-0.2, -0.15) is 0 Å². The second-order valence-corrected chi connectivity index (χ2v) is 3.20. The number of aromatic hydroxyl groups is 2. The topological polar surface area (TPSA) is 143 Å². The van der Waals surface area contributed by atoms with Crippen LogP contribution in [0, 0.1) is 10.1 Å². The predicted octanol–water partition coefficient (Wildman–Crippen LogP) is 1.81. The van der Waals surface area contributed by atoms with Crippen LogP contribution in [0.25, 0.3) is 11.0 Å². The molecule has 0 saturated carbocycles. The molecular formula is C9H5NO8. The molecule has 0 aliphatic carbocycles. The van der Waals surface area contributed by atoms with Crippen LogP contribution in [-0.2, 0) is 0 Å². The lowest BCUT2D eigenvalue weighted by Gasteiger charge is -1.98. The van der Waals surface area contributed by atoms with E-state index in [1.165, 1.54) is 0 Å². The second-order valence-electron chi connectivity index (χ2n) is 3.20. The Kier molecular flexibility index (Phi) is 2.43. The molecule has 9 heteroatoms. The molecule has 1 aromatic heterocycles. The molecule has 3 N–H and O–H groups in total. The normalized spacial score (nSPS) is 10.4. The summed E-state index contributed by atoms with van der Waals surface area (Å²) in [5.41, 5.74) is -1.27. The summed E-state index contributed by atoms with van der Waals surface area (Å²) in [6.07, 6.45) is -1.66. The van der Waals surface area contributed by atoms with Crippen molar-refractivity contribution in [2.24, 2.45) is 0 Å². The Labute approximate surface area is 97.6 Å². The Bertz CT molecular complexity index is 658. The summed E-state index contributed by atoms with van der Waals surface area (Å²) in [4.78, 5) is 20.1. The second kappa shape index (κ2) is 3.80. The van der Waals surface area contributed by atoms with E-state index < -0.39 is 39.8 Å². The lowest BCUT2D eigenvalue weighted by molar-refractivity contribution is -0.384. The molecule has 2 aromatic rings. The van der Waals surface area contributed by atoms with Crippen LogP contribution in [0.4, 0.5) is 10.5 Å². The van der Waals surface area contributed by atoms with Gasteiger partial charge >= 0.3 is 11.8 Å². The molecule has 0 spiro atoms. The van der Waals surface area contributed by atoms with E-state index in [4.69, 9.17) is 9.52 Å². The minimum Gasteiger partial charge on any atom is -0.504 e. The first kappa shape index (κ1) is 11.5. The number of phenols is 2. The number of rotatable bonds is 2. The van der Waals surface area contributed by atoms with Crippen LogP contribution < -0.4 is 4.74 Å². The van der Waals surface area contributed by atoms with Gasteiger partial charge in [-0.05, 0) is 6.07 Å². The molecule has 18 heavy (non-hydrogen) atoms. The van der Waals surface area contributed by atoms with E-state index in [-0.39, 0.29) is 5.39 Å². The maximum atomic E-state index is 10.7. The summed E-state index contributed by atoms with van der Waals surface area (Å²) in [5, 5.41) is 37.8. The van der Waals surface area contributed by atoms with E-state index in [0.29, 0.717) is 0 Å². The number of nitro benzene ring substituents is 1. The highest BCUT2D eigenvalue weighted by Crippen LogP contribution is 2.43. The zero-order valence-electron chi connectivity index (χ0n) is 8.48. The number of carboxylic acid groups (broad SMARTS) is 1. The van der Waals surface area contributed by atoms with E-state index >= 15 is 0 Å². The third-order valence-corrected chi connectivity index (χ3v) is 2.08. The smallest absolute Gasteiger partial charge is 0.504 e. The standard InChI is InChI=1S/C9H5NO8/c11-4-1-3-2-5(18-9(13)14)17-8(3)6(7(4)12)10(15)16/h1-2,11-12H,(H,13,14). The molecule has 9 nitrogen and oxygen atoms in total. The van der Waals surface area contributed by atoms with Crippen LogP contribution in [0.3, 0.4) is 0 Å². The van der Waals surface area contributed by atoms with Crippen molar-refractivity contribution in [3.05, 3.63) is 22.2 Å². The highest BCUT2D eigenvalue weighted by Gasteiger charge is 2.26. The molecule has 1 aromatic carbocycles. The van der Waals surface area contributed by atoms with Gasteiger partial charge in [0.25, 0.3) is 5.95 Å². The van der Waals surface area contributed by atoms with Gasteiger partial charge in [0.05, 0.1) is 4.92 Å². The summed E-state index contributed by atoms with van der Waals surface area (Å²) in [7, 11) is 0. The first-order valence-corrected chi connectivity index (χ1v) is 4.43. The van der Waals surface area contributed by atoms with Crippen molar-refractivity contribution in [1.29, 1.82) is 0 Å². The number of furan rings is 1. The lowest BCUT2D eigenvalue weighted by Crippen LogP contribution is -2.01. The molecule has 0 atom stereocenters. The van der Waals surface area contributed by atoms with Crippen molar-refractivity contribution >= 4 is 22.8 Å². The van der Waals surface area contributed by atoms with E-state index in [0.717, 1.165) is 12.1 Å². The van der Waals surface area contributed by atoms with Crippen molar-refractivity contribution in [3.63, 3.8) is 0 Å². The SMILES string of the molecule is O=C(O)Oc1cc2cc(O)c(O)c([N+](=O)[O-])c2o1. The average Bonchev–Trinajstić information content (AvgIpc) is 2.59. The fraction of sp³-hybridized carbons (Fsp3) is 0. The van der Waals surface area contributed by atoms with Crippen molar-refractivity contribution in [1.82, 2.24) is 0 Å². The molecule has 0 aliphatic rings. The van der Waals surface area contributed by atoms with Gasteiger partial charge in [-0.15, -0.1) is 0 Å². The Balaban J connectivity index is 2.71. The largest absolute Gasteiger partial charge is 0.513 e. The molecule has 0 radical (unpaired) electrons. The van der Waals surface area contributed by atoms with Crippen LogP contribution in [0.15, 0.2) is 16.5 Å². The maximum absolute atomic E-state index is 10.7. The molecule has 0 amide bonds. The zero-order valence-corrected chi connectivity index (χ0v) is 8.48. The summed E-state index contributed by atoms with van der Waals surface area (Å²) < 4.78 is 8.97. The summed E-state index contributed by atoms with van der Waals surface area (Å²) in [5.74, 6) is -2.20.